The lowest BCUT2D eigenvalue weighted by atomic mass is 10.1. The van der Waals surface area contributed by atoms with Crippen LogP contribution in [-0.2, 0) is 11.3 Å². The summed E-state index contributed by atoms with van der Waals surface area (Å²) in [6.45, 7) is 3.49. The molecule has 1 amide bonds. The lowest BCUT2D eigenvalue weighted by Gasteiger charge is -2.25. The van der Waals surface area contributed by atoms with Gasteiger partial charge >= 0.3 is 0 Å². The zero-order valence-electron chi connectivity index (χ0n) is 12.1. The Labute approximate surface area is 124 Å². The van der Waals surface area contributed by atoms with Crippen molar-refractivity contribution in [3.05, 3.63) is 35.6 Å². The molecule has 114 valence electrons. The van der Waals surface area contributed by atoms with Gasteiger partial charge in [0.15, 0.2) is 0 Å². The monoisotopic (exact) mass is 291 g/mol. The summed E-state index contributed by atoms with van der Waals surface area (Å²) in [5, 5.41) is 6.40. The van der Waals surface area contributed by atoms with Crippen LogP contribution in [0.2, 0.25) is 0 Å². The number of amides is 1. The van der Waals surface area contributed by atoms with Crippen LogP contribution in [0.25, 0.3) is 0 Å². The number of benzene rings is 1. The predicted molar refractivity (Wildman–Crippen MR) is 79.2 cm³/mol. The molecule has 5 heteroatoms. The highest BCUT2D eigenvalue weighted by molar-refractivity contribution is 5.82. The number of hydrogen-bond donors (Lipinski definition) is 2. The molecule has 0 radical (unpaired) electrons. The summed E-state index contributed by atoms with van der Waals surface area (Å²) >= 11 is 0. The van der Waals surface area contributed by atoms with E-state index in [-0.39, 0.29) is 23.8 Å². The number of hydrogen-bond acceptors (Lipinski definition) is 3. The van der Waals surface area contributed by atoms with Gasteiger partial charge in [-0.25, -0.2) is 4.39 Å². The first kappa shape index (κ1) is 14.5. The molecule has 0 bridgehead atoms. The first-order valence-corrected chi connectivity index (χ1v) is 7.72. The Hall–Kier alpha value is -1.46. The van der Waals surface area contributed by atoms with Crippen molar-refractivity contribution in [3.8, 4) is 0 Å². The Morgan fingerprint density at radius 3 is 2.86 bits per heavy atom. The average molecular weight is 291 g/mol. The van der Waals surface area contributed by atoms with Gasteiger partial charge in [0, 0.05) is 19.1 Å². The molecule has 2 saturated heterocycles. The van der Waals surface area contributed by atoms with Crippen molar-refractivity contribution in [1.29, 1.82) is 0 Å². The zero-order valence-corrected chi connectivity index (χ0v) is 12.1. The third kappa shape index (κ3) is 3.60. The van der Waals surface area contributed by atoms with E-state index in [2.05, 4.69) is 15.5 Å². The van der Waals surface area contributed by atoms with Crippen molar-refractivity contribution in [3.63, 3.8) is 0 Å². The zero-order chi connectivity index (χ0) is 14.7. The van der Waals surface area contributed by atoms with Gasteiger partial charge in [-0.1, -0.05) is 12.1 Å². The molecule has 4 nitrogen and oxygen atoms in total. The summed E-state index contributed by atoms with van der Waals surface area (Å²) in [4.78, 5) is 14.6. The maximum Gasteiger partial charge on any atom is 0.237 e. The summed E-state index contributed by atoms with van der Waals surface area (Å²) < 4.78 is 12.9. The fraction of sp³-hybridized carbons (Fsp3) is 0.562. The smallest absolute Gasteiger partial charge is 0.237 e. The highest BCUT2D eigenvalue weighted by Gasteiger charge is 2.32. The molecule has 1 aromatic carbocycles. The van der Waals surface area contributed by atoms with Crippen LogP contribution in [0.5, 0.6) is 0 Å². The first-order valence-electron chi connectivity index (χ1n) is 7.72. The number of halogens is 1. The maximum absolute atomic E-state index is 12.9. The van der Waals surface area contributed by atoms with Gasteiger partial charge in [-0.3, -0.25) is 9.69 Å². The first-order chi connectivity index (χ1) is 10.2. The van der Waals surface area contributed by atoms with Gasteiger partial charge in [0.05, 0.1) is 6.04 Å². The Morgan fingerprint density at radius 1 is 1.33 bits per heavy atom. The van der Waals surface area contributed by atoms with Crippen LogP contribution >= 0.6 is 0 Å². The third-order valence-electron chi connectivity index (χ3n) is 4.37. The minimum absolute atomic E-state index is 0.0457. The van der Waals surface area contributed by atoms with Crippen molar-refractivity contribution in [2.45, 2.75) is 37.9 Å². The number of carbonyl (C=O) groups is 1. The Kier molecular flexibility index (Phi) is 4.51. The SMILES string of the molecule is O=C(NC1CCNC1)C1CCCN1Cc1ccc(F)cc1. The van der Waals surface area contributed by atoms with Crippen LogP contribution in [0.3, 0.4) is 0 Å². The quantitative estimate of drug-likeness (QED) is 0.878. The van der Waals surface area contributed by atoms with Gasteiger partial charge in [0.2, 0.25) is 5.91 Å². The van der Waals surface area contributed by atoms with Crippen LogP contribution in [0.15, 0.2) is 24.3 Å². The van der Waals surface area contributed by atoms with E-state index in [4.69, 9.17) is 0 Å². The van der Waals surface area contributed by atoms with E-state index in [1.54, 1.807) is 12.1 Å². The summed E-state index contributed by atoms with van der Waals surface area (Å²) in [6.07, 6.45) is 2.96. The average Bonchev–Trinajstić information content (AvgIpc) is 3.13. The van der Waals surface area contributed by atoms with Gasteiger partial charge in [-0.15, -0.1) is 0 Å². The second-order valence-electron chi connectivity index (χ2n) is 5.95. The number of nitrogens with zero attached hydrogens (tertiary/aromatic N) is 1. The molecule has 0 aliphatic carbocycles. The second-order valence-corrected chi connectivity index (χ2v) is 5.95. The molecular formula is C16H22FN3O. The molecule has 0 aromatic heterocycles. The Morgan fingerprint density at radius 2 is 2.14 bits per heavy atom. The minimum atomic E-state index is -0.219. The molecule has 0 saturated carbocycles. The molecule has 2 N–H and O–H groups in total. The van der Waals surface area contributed by atoms with Crippen molar-refractivity contribution in [2.75, 3.05) is 19.6 Å². The summed E-state index contributed by atoms with van der Waals surface area (Å²) in [6, 6.07) is 6.77. The maximum atomic E-state index is 12.9. The van der Waals surface area contributed by atoms with Gasteiger partial charge in [-0.05, 0) is 50.0 Å². The molecular weight excluding hydrogens is 269 g/mol. The van der Waals surface area contributed by atoms with Gasteiger partial charge in [-0.2, -0.15) is 0 Å². The summed E-state index contributed by atoms with van der Waals surface area (Å²) in [7, 11) is 0. The summed E-state index contributed by atoms with van der Waals surface area (Å²) in [5.41, 5.74) is 1.05. The molecule has 2 aliphatic rings. The van der Waals surface area contributed by atoms with E-state index < -0.39 is 0 Å². The van der Waals surface area contributed by atoms with E-state index in [0.29, 0.717) is 6.54 Å². The Bertz CT molecular complexity index is 485. The van der Waals surface area contributed by atoms with Crippen molar-refractivity contribution >= 4 is 5.91 Å². The van der Waals surface area contributed by atoms with Crippen LogP contribution in [-0.4, -0.2) is 42.5 Å². The van der Waals surface area contributed by atoms with Crippen molar-refractivity contribution in [1.82, 2.24) is 15.5 Å². The van der Waals surface area contributed by atoms with Gasteiger partial charge in [0.1, 0.15) is 5.82 Å². The van der Waals surface area contributed by atoms with E-state index in [9.17, 15) is 9.18 Å². The fourth-order valence-electron chi connectivity index (χ4n) is 3.21. The van der Waals surface area contributed by atoms with Crippen LogP contribution < -0.4 is 10.6 Å². The van der Waals surface area contributed by atoms with Crippen LogP contribution in [0.4, 0.5) is 4.39 Å². The number of rotatable bonds is 4. The molecule has 2 unspecified atom stereocenters. The molecule has 2 aliphatic heterocycles. The van der Waals surface area contributed by atoms with E-state index in [0.717, 1.165) is 44.5 Å². The molecule has 2 fully saturated rings. The second kappa shape index (κ2) is 6.54. The topological polar surface area (TPSA) is 44.4 Å². The number of carbonyl (C=O) groups excluding carboxylic acids is 1. The number of nitrogens with one attached hydrogen (secondary N) is 2. The van der Waals surface area contributed by atoms with Crippen molar-refractivity contribution in [2.24, 2.45) is 0 Å². The highest BCUT2D eigenvalue weighted by atomic mass is 19.1. The lowest BCUT2D eigenvalue weighted by Crippen LogP contribution is -2.47. The molecule has 2 atom stereocenters. The van der Waals surface area contributed by atoms with E-state index >= 15 is 0 Å². The minimum Gasteiger partial charge on any atom is -0.351 e. The molecule has 21 heavy (non-hydrogen) atoms. The third-order valence-corrected chi connectivity index (χ3v) is 4.37. The lowest BCUT2D eigenvalue weighted by molar-refractivity contribution is -0.126. The van der Waals surface area contributed by atoms with Gasteiger partial charge in [0.25, 0.3) is 0 Å². The standard InChI is InChI=1S/C16H22FN3O/c17-13-5-3-12(4-6-13)11-20-9-1-2-15(20)16(21)19-14-7-8-18-10-14/h3-6,14-15,18H,1-2,7-11H2,(H,19,21). The normalized spacial score (nSPS) is 26.1. The van der Waals surface area contributed by atoms with Crippen LogP contribution in [0.1, 0.15) is 24.8 Å². The summed E-state index contributed by atoms with van der Waals surface area (Å²) in [5.74, 6) is -0.0773. The highest BCUT2D eigenvalue weighted by Crippen LogP contribution is 2.20. The van der Waals surface area contributed by atoms with Crippen LogP contribution in [0, 0.1) is 5.82 Å². The molecule has 1 aromatic rings. The Balaban J connectivity index is 1.59. The fourth-order valence-corrected chi connectivity index (χ4v) is 3.21. The molecule has 2 heterocycles. The van der Waals surface area contributed by atoms with E-state index in [1.165, 1.54) is 12.1 Å². The predicted octanol–water partition coefficient (Wildman–Crippen LogP) is 1.27. The molecule has 0 spiro atoms. The van der Waals surface area contributed by atoms with Gasteiger partial charge < -0.3 is 10.6 Å². The van der Waals surface area contributed by atoms with Crippen molar-refractivity contribution < 1.29 is 9.18 Å². The number of likely N-dealkylation sites (tertiary alicyclic amines) is 1. The largest absolute Gasteiger partial charge is 0.351 e. The van der Waals surface area contributed by atoms with E-state index in [1.807, 2.05) is 0 Å². The molecule has 3 rings (SSSR count).